The highest BCUT2D eigenvalue weighted by Gasteiger charge is 2.43. The Balaban J connectivity index is 2.69. The maximum absolute atomic E-state index is 11.6. The molecule has 1 aliphatic rings. The number of rotatable bonds is 0. The summed E-state index contributed by atoms with van der Waals surface area (Å²) < 4.78 is 0. The lowest BCUT2D eigenvalue weighted by molar-refractivity contribution is 0.0614. The van der Waals surface area contributed by atoms with Crippen molar-refractivity contribution >= 4 is 17.5 Å². The van der Waals surface area contributed by atoms with Crippen LogP contribution in [0.25, 0.3) is 0 Å². The minimum absolute atomic E-state index is 0.214. The molecule has 1 amide bonds. The average Bonchev–Trinajstić information content (AvgIpc) is 2.29. The van der Waals surface area contributed by atoms with Gasteiger partial charge in [-0.25, -0.2) is 10.8 Å². The summed E-state index contributed by atoms with van der Waals surface area (Å²) in [4.78, 5) is 15.8. The van der Waals surface area contributed by atoms with E-state index in [2.05, 4.69) is 4.98 Å². The highest BCUT2D eigenvalue weighted by molar-refractivity contribution is 6.29. The van der Waals surface area contributed by atoms with E-state index in [9.17, 15) is 4.79 Å². The quantitative estimate of drug-likeness (QED) is 0.400. The molecule has 74 valence electrons. The van der Waals surface area contributed by atoms with Gasteiger partial charge in [0.05, 0.1) is 16.8 Å². The monoisotopic (exact) mass is 211 g/mol. The molecule has 0 saturated carbocycles. The Morgan fingerprint density at radius 1 is 1.50 bits per heavy atom. The van der Waals surface area contributed by atoms with Crippen LogP contribution in [0.4, 0.5) is 0 Å². The fourth-order valence-electron chi connectivity index (χ4n) is 1.57. The van der Waals surface area contributed by atoms with Crippen LogP contribution in [-0.4, -0.2) is 15.9 Å². The summed E-state index contributed by atoms with van der Waals surface area (Å²) in [6.45, 7) is 3.67. The number of hydrogen-bond donors (Lipinski definition) is 1. The van der Waals surface area contributed by atoms with E-state index in [0.29, 0.717) is 16.4 Å². The van der Waals surface area contributed by atoms with Crippen molar-refractivity contribution in [1.82, 2.24) is 9.99 Å². The smallest absolute Gasteiger partial charge is 0.268 e. The molecule has 1 aliphatic heterocycles. The van der Waals surface area contributed by atoms with Crippen LogP contribution in [0.5, 0.6) is 0 Å². The summed E-state index contributed by atoms with van der Waals surface area (Å²) in [5.41, 5.74) is 0.580. The third kappa shape index (κ3) is 1.04. The lowest BCUT2D eigenvalue weighted by Gasteiger charge is -2.26. The molecule has 0 unspecified atom stereocenters. The number of amides is 1. The van der Waals surface area contributed by atoms with Crippen LogP contribution in [0.2, 0.25) is 5.15 Å². The van der Waals surface area contributed by atoms with Crippen molar-refractivity contribution in [3.8, 4) is 0 Å². The van der Waals surface area contributed by atoms with Gasteiger partial charge in [-0.05, 0) is 26.0 Å². The van der Waals surface area contributed by atoms with Crippen molar-refractivity contribution in [2.24, 2.45) is 5.84 Å². The highest BCUT2D eigenvalue weighted by atomic mass is 35.5. The van der Waals surface area contributed by atoms with Gasteiger partial charge in [-0.3, -0.25) is 9.80 Å². The van der Waals surface area contributed by atoms with Gasteiger partial charge in [0.25, 0.3) is 5.91 Å². The van der Waals surface area contributed by atoms with Gasteiger partial charge in [-0.1, -0.05) is 11.6 Å². The number of halogens is 1. The maximum atomic E-state index is 11.6. The van der Waals surface area contributed by atoms with Crippen LogP contribution >= 0.6 is 11.6 Å². The van der Waals surface area contributed by atoms with Gasteiger partial charge in [0.2, 0.25) is 0 Å². The molecule has 1 aromatic heterocycles. The summed E-state index contributed by atoms with van der Waals surface area (Å²) in [6.07, 6.45) is 0. The van der Waals surface area contributed by atoms with Crippen molar-refractivity contribution in [2.75, 3.05) is 0 Å². The first kappa shape index (κ1) is 9.43. The molecule has 0 fully saturated rings. The highest BCUT2D eigenvalue weighted by Crippen LogP contribution is 2.35. The molecular weight excluding hydrogens is 202 g/mol. The molecule has 2 rings (SSSR count). The van der Waals surface area contributed by atoms with E-state index in [1.807, 2.05) is 13.8 Å². The zero-order chi connectivity index (χ0) is 10.5. The van der Waals surface area contributed by atoms with Crippen molar-refractivity contribution < 1.29 is 4.79 Å². The lowest BCUT2D eigenvalue weighted by Crippen LogP contribution is -2.44. The predicted octanol–water partition coefficient (Wildman–Crippen LogP) is 1.30. The van der Waals surface area contributed by atoms with Crippen molar-refractivity contribution in [1.29, 1.82) is 0 Å². The average molecular weight is 212 g/mol. The van der Waals surface area contributed by atoms with Crippen LogP contribution in [0.15, 0.2) is 12.1 Å². The molecule has 0 saturated heterocycles. The molecule has 2 N–H and O–H groups in total. The van der Waals surface area contributed by atoms with Gasteiger partial charge in [-0.2, -0.15) is 0 Å². The van der Waals surface area contributed by atoms with Gasteiger partial charge in [0, 0.05) is 0 Å². The largest absolute Gasteiger partial charge is 0.270 e. The zero-order valence-electron chi connectivity index (χ0n) is 7.91. The number of nitrogens with zero attached hydrogens (tertiary/aromatic N) is 2. The second-order valence-corrected chi connectivity index (χ2v) is 4.15. The van der Waals surface area contributed by atoms with Gasteiger partial charge in [0.1, 0.15) is 5.15 Å². The normalized spacial score (nSPS) is 18.6. The van der Waals surface area contributed by atoms with E-state index < -0.39 is 5.54 Å². The maximum Gasteiger partial charge on any atom is 0.270 e. The molecule has 5 heteroatoms. The Labute approximate surface area is 86.6 Å². The molecule has 0 bridgehead atoms. The molecule has 1 aromatic rings. The Morgan fingerprint density at radius 2 is 2.14 bits per heavy atom. The summed E-state index contributed by atoms with van der Waals surface area (Å²) >= 11 is 5.76. The number of nitrogens with two attached hydrogens (primary N) is 1. The molecule has 0 spiro atoms. The number of carbonyl (C=O) groups is 1. The molecule has 0 aliphatic carbocycles. The summed E-state index contributed by atoms with van der Waals surface area (Å²) in [7, 11) is 0. The number of fused-ring (bicyclic) bond motifs is 1. The molecule has 14 heavy (non-hydrogen) atoms. The summed E-state index contributed by atoms with van der Waals surface area (Å²) in [5.74, 6) is 5.44. The van der Waals surface area contributed by atoms with Gasteiger partial charge in [-0.15, -0.1) is 0 Å². The predicted molar refractivity (Wildman–Crippen MR) is 52.6 cm³/mol. The van der Waals surface area contributed by atoms with Crippen molar-refractivity contribution in [3.63, 3.8) is 0 Å². The van der Waals surface area contributed by atoms with Crippen molar-refractivity contribution in [2.45, 2.75) is 19.4 Å². The van der Waals surface area contributed by atoms with Crippen LogP contribution in [0.1, 0.15) is 29.9 Å². The standard InChI is InChI=1S/C9H10ClN3O/c1-9(2)7-5(8(14)13(9)11)3-4-6(10)12-7/h3-4H,11H2,1-2H3. The zero-order valence-corrected chi connectivity index (χ0v) is 8.67. The lowest BCUT2D eigenvalue weighted by atomic mass is 10.0. The third-order valence-electron chi connectivity index (χ3n) is 2.49. The second kappa shape index (κ2) is 2.68. The fourth-order valence-corrected chi connectivity index (χ4v) is 1.72. The van der Waals surface area contributed by atoms with E-state index in [-0.39, 0.29) is 5.91 Å². The van der Waals surface area contributed by atoms with E-state index in [0.717, 1.165) is 0 Å². The second-order valence-electron chi connectivity index (χ2n) is 3.76. The molecule has 4 nitrogen and oxygen atoms in total. The number of pyridine rings is 1. The SMILES string of the molecule is CC1(C)c2nc(Cl)ccc2C(=O)N1N. The molecule has 0 aromatic carbocycles. The third-order valence-corrected chi connectivity index (χ3v) is 2.70. The molecule has 0 atom stereocenters. The molecular formula is C9H10ClN3O. The topological polar surface area (TPSA) is 59.2 Å². The Bertz CT molecular complexity index is 417. The summed E-state index contributed by atoms with van der Waals surface area (Å²) in [6, 6.07) is 3.25. The first-order chi connectivity index (χ1) is 6.44. The molecule has 0 radical (unpaired) electrons. The number of hydrazine groups is 1. The minimum Gasteiger partial charge on any atom is -0.268 e. The van der Waals surface area contributed by atoms with Gasteiger partial charge >= 0.3 is 0 Å². The van der Waals surface area contributed by atoms with Crippen LogP contribution in [0.3, 0.4) is 0 Å². The molecule has 2 heterocycles. The van der Waals surface area contributed by atoms with E-state index in [1.165, 1.54) is 5.01 Å². The van der Waals surface area contributed by atoms with Gasteiger partial charge < -0.3 is 0 Å². The fraction of sp³-hybridized carbons (Fsp3) is 0.333. The van der Waals surface area contributed by atoms with Crippen LogP contribution < -0.4 is 5.84 Å². The first-order valence-electron chi connectivity index (χ1n) is 4.21. The minimum atomic E-state index is -0.586. The Kier molecular flexibility index (Phi) is 1.81. The van der Waals surface area contributed by atoms with Crippen LogP contribution in [0, 0.1) is 0 Å². The van der Waals surface area contributed by atoms with Crippen molar-refractivity contribution in [3.05, 3.63) is 28.5 Å². The Morgan fingerprint density at radius 3 is 2.79 bits per heavy atom. The van der Waals surface area contributed by atoms with E-state index in [4.69, 9.17) is 17.4 Å². The number of hydrogen-bond acceptors (Lipinski definition) is 3. The first-order valence-corrected chi connectivity index (χ1v) is 4.58. The Hall–Kier alpha value is -1.13. The van der Waals surface area contributed by atoms with E-state index >= 15 is 0 Å². The van der Waals surface area contributed by atoms with E-state index in [1.54, 1.807) is 12.1 Å². The number of carbonyl (C=O) groups excluding carboxylic acids is 1. The van der Waals surface area contributed by atoms with Gasteiger partial charge in [0.15, 0.2) is 0 Å². The van der Waals surface area contributed by atoms with Crippen LogP contribution in [-0.2, 0) is 5.54 Å². The number of aromatic nitrogens is 1. The summed E-state index contributed by atoms with van der Waals surface area (Å²) in [5, 5.41) is 1.56.